The largest absolute Gasteiger partial charge is 0.315 e. The summed E-state index contributed by atoms with van der Waals surface area (Å²) in [6.07, 6.45) is 1.61. The van der Waals surface area contributed by atoms with E-state index >= 15 is 0 Å². The summed E-state index contributed by atoms with van der Waals surface area (Å²) >= 11 is 4.41. The van der Waals surface area contributed by atoms with Crippen molar-refractivity contribution in [1.82, 2.24) is 5.32 Å². The van der Waals surface area contributed by atoms with Crippen LogP contribution in [0, 0.1) is 0 Å². The maximum absolute atomic E-state index is 12.2. The van der Waals surface area contributed by atoms with Gasteiger partial charge in [0.2, 0.25) is 0 Å². The summed E-state index contributed by atoms with van der Waals surface area (Å²) < 4.78 is 23.8. The molecule has 0 aromatic rings. The van der Waals surface area contributed by atoms with Gasteiger partial charge in [-0.1, -0.05) is 0 Å². The zero-order chi connectivity index (χ0) is 11.7. The van der Waals surface area contributed by atoms with E-state index < -0.39 is 14.6 Å². The minimum Gasteiger partial charge on any atom is -0.315 e. The van der Waals surface area contributed by atoms with Gasteiger partial charge >= 0.3 is 0 Å². The SMILES string of the molecule is CC(C)(C)S(=O)(=O)C1CNCCC(S)C1. The summed E-state index contributed by atoms with van der Waals surface area (Å²) in [7, 11) is -3.07. The van der Waals surface area contributed by atoms with Crippen LogP contribution in [0.5, 0.6) is 0 Å². The Morgan fingerprint density at radius 2 is 1.93 bits per heavy atom. The highest BCUT2D eigenvalue weighted by atomic mass is 32.2. The monoisotopic (exact) mass is 251 g/mol. The molecule has 1 rings (SSSR count). The third kappa shape index (κ3) is 3.11. The average Bonchev–Trinajstić information content (AvgIpc) is 2.27. The van der Waals surface area contributed by atoms with E-state index in [1.54, 1.807) is 20.8 Å². The highest BCUT2D eigenvalue weighted by Crippen LogP contribution is 2.26. The Morgan fingerprint density at radius 1 is 1.33 bits per heavy atom. The van der Waals surface area contributed by atoms with Gasteiger partial charge in [-0.05, 0) is 40.2 Å². The van der Waals surface area contributed by atoms with E-state index in [2.05, 4.69) is 17.9 Å². The maximum Gasteiger partial charge on any atom is 0.159 e. The van der Waals surface area contributed by atoms with Gasteiger partial charge in [-0.3, -0.25) is 0 Å². The van der Waals surface area contributed by atoms with Gasteiger partial charge in [0.1, 0.15) is 0 Å². The fourth-order valence-corrected chi connectivity index (χ4v) is 4.12. The van der Waals surface area contributed by atoms with E-state index in [0.29, 0.717) is 13.0 Å². The van der Waals surface area contributed by atoms with Gasteiger partial charge in [0.15, 0.2) is 9.84 Å². The Bertz CT molecular complexity index is 306. The third-order valence-electron chi connectivity index (χ3n) is 2.85. The minimum absolute atomic E-state index is 0.196. The highest BCUT2D eigenvalue weighted by molar-refractivity contribution is 7.93. The lowest BCUT2D eigenvalue weighted by atomic mass is 10.2. The molecule has 5 heteroatoms. The van der Waals surface area contributed by atoms with Gasteiger partial charge in [-0.15, -0.1) is 0 Å². The topological polar surface area (TPSA) is 46.2 Å². The maximum atomic E-state index is 12.2. The van der Waals surface area contributed by atoms with Crippen LogP contribution in [0.2, 0.25) is 0 Å². The van der Waals surface area contributed by atoms with Crippen LogP contribution in [0.25, 0.3) is 0 Å². The van der Waals surface area contributed by atoms with E-state index in [9.17, 15) is 8.42 Å². The molecule has 1 saturated heterocycles. The van der Waals surface area contributed by atoms with Crippen LogP contribution in [0.15, 0.2) is 0 Å². The second-order valence-corrected chi connectivity index (χ2v) is 8.87. The molecule has 1 N–H and O–H groups in total. The van der Waals surface area contributed by atoms with Crippen molar-refractivity contribution in [2.24, 2.45) is 0 Å². The fraction of sp³-hybridized carbons (Fsp3) is 1.00. The van der Waals surface area contributed by atoms with E-state index in [1.807, 2.05) is 0 Å². The molecule has 2 atom stereocenters. The Kier molecular flexibility index (Phi) is 4.12. The van der Waals surface area contributed by atoms with Crippen LogP contribution in [0.4, 0.5) is 0 Å². The van der Waals surface area contributed by atoms with Crippen molar-refractivity contribution in [1.29, 1.82) is 0 Å². The van der Waals surface area contributed by atoms with Gasteiger partial charge in [0.05, 0.1) is 10.00 Å². The van der Waals surface area contributed by atoms with Gasteiger partial charge < -0.3 is 5.32 Å². The summed E-state index contributed by atoms with van der Waals surface area (Å²) in [5, 5.41) is 3.08. The van der Waals surface area contributed by atoms with E-state index in [0.717, 1.165) is 13.0 Å². The molecule has 15 heavy (non-hydrogen) atoms. The molecule has 0 saturated carbocycles. The lowest BCUT2D eigenvalue weighted by Gasteiger charge is -2.26. The Morgan fingerprint density at radius 3 is 2.47 bits per heavy atom. The van der Waals surface area contributed by atoms with Crippen LogP contribution >= 0.6 is 12.6 Å². The molecule has 0 bridgehead atoms. The van der Waals surface area contributed by atoms with Crippen molar-refractivity contribution in [2.75, 3.05) is 13.1 Å². The lowest BCUT2D eigenvalue weighted by Crippen LogP contribution is -2.42. The van der Waals surface area contributed by atoms with Crippen molar-refractivity contribution in [3.63, 3.8) is 0 Å². The summed E-state index contributed by atoms with van der Waals surface area (Å²) in [6.45, 7) is 6.73. The van der Waals surface area contributed by atoms with Crippen LogP contribution in [-0.2, 0) is 9.84 Å². The molecule has 0 aliphatic carbocycles. The molecule has 90 valence electrons. The van der Waals surface area contributed by atoms with Gasteiger partial charge in [0.25, 0.3) is 0 Å². The summed E-state index contributed by atoms with van der Waals surface area (Å²) in [4.78, 5) is 0. The van der Waals surface area contributed by atoms with Gasteiger partial charge in [0, 0.05) is 11.8 Å². The molecule has 1 aliphatic heterocycles. The number of hydrogen-bond donors (Lipinski definition) is 2. The molecule has 1 aliphatic rings. The zero-order valence-corrected chi connectivity index (χ0v) is 11.4. The Hall–Kier alpha value is 0.260. The smallest absolute Gasteiger partial charge is 0.159 e. The van der Waals surface area contributed by atoms with Crippen LogP contribution in [0.1, 0.15) is 33.6 Å². The van der Waals surface area contributed by atoms with Crippen molar-refractivity contribution in [2.45, 2.75) is 48.9 Å². The van der Waals surface area contributed by atoms with Gasteiger partial charge in [-0.2, -0.15) is 12.6 Å². The van der Waals surface area contributed by atoms with Crippen molar-refractivity contribution in [3.05, 3.63) is 0 Å². The first-order chi connectivity index (χ1) is 6.75. The molecular weight excluding hydrogens is 230 g/mol. The highest BCUT2D eigenvalue weighted by Gasteiger charge is 2.38. The van der Waals surface area contributed by atoms with Crippen LogP contribution in [-0.4, -0.2) is 36.8 Å². The van der Waals surface area contributed by atoms with Crippen molar-refractivity contribution >= 4 is 22.5 Å². The lowest BCUT2D eigenvalue weighted by molar-refractivity contribution is 0.534. The fourth-order valence-electron chi connectivity index (χ4n) is 1.77. The molecule has 0 aromatic heterocycles. The molecule has 1 fully saturated rings. The molecule has 3 nitrogen and oxygen atoms in total. The first kappa shape index (κ1) is 13.3. The van der Waals surface area contributed by atoms with Crippen molar-refractivity contribution < 1.29 is 8.42 Å². The first-order valence-corrected chi connectivity index (χ1v) is 7.43. The number of sulfone groups is 1. The predicted octanol–water partition coefficient (Wildman–Crippen LogP) is 1.25. The van der Waals surface area contributed by atoms with E-state index in [1.165, 1.54) is 0 Å². The molecule has 1 heterocycles. The number of thiol groups is 1. The van der Waals surface area contributed by atoms with Crippen LogP contribution in [0.3, 0.4) is 0 Å². The number of rotatable bonds is 1. The Labute approximate surface area is 98.3 Å². The predicted molar refractivity (Wildman–Crippen MR) is 67.3 cm³/mol. The molecule has 0 spiro atoms. The first-order valence-electron chi connectivity index (χ1n) is 5.37. The van der Waals surface area contributed by atoms with Gasteiger partial charge in [-0.25, -0.2) is 8.42 Å². The summed E-state index contributed by atoms with van der Waals surface area (Å²) in [5.41, 5.74) is 0. The third-order valence-corrected chi connectivity index (χ3v) is 6.27. The summed E-state index contributed by atoms with van der Waals surface area (Å²) in [6, 6.07) is 0. The Balaban J connectivity index is 2.86. The molecular formula is C10H21NO2S2. The molecule has 0 radical (unpaired) electrons. The molecule has 0 amide bonds. The van der Waals surface area contributed by atoms with Crippen molar-refractivity contribution in [3.8, 4) is 0 Å². The standard InChI is InChI=1S/C10H21NO2S2/c1-10(2,3)15(12,13)9-6-8(14)4-5-11-7-9/h8-9,11,14H,4-7H2,1-3H3. The molecule has 0 aromatic carbocycles. The second kappa shape index (κ2) is 4.63. The summed E-state index contributed by atoms with van der Waals surface area (Å²) in [5.74, 6) is 0. The van der Waals surface area contributed by atoms with E-state index in [4.69, 9.17) is 0 Å². The zero-order valence-electron chi connectivity index (χ0n) is 9.66. The normalized spacial score (nSPS) is 29.9. The van der Waals surface area contributed by atoms with Crippen LogP contribution < -0.4 is 5.32 Å². The van der Waals surface area contributed by atoms with E-state index in [-0.39, 0.29) is 10.5 Å². The quantitative estimate of drug-likeness (QED) is 0.690. The average molecular weight is 251 g/mol. The number of hydrogen-bond acceptors (Lipinski definition) is 4. The second-order valence-electron chi connectivity index (χ2n) is 5.16. The molecule has 2 unspecified atom stereocenters. The minimum atomic E-state index is -3.07. The number of nitrogens with one attached hydrogen (secondary N) is 1.